The molecule has 0 radical (unpaired) electrons. The number of rotatable bonds is 6. The Bertz CT molecular complexity index is 1420. The molecule has 2 aromatic heterocycles. The van der Waals surface area contributed by atoms with Gasteiger partial charge in [-0.15, -0.1) is 0 Å². The molecule has 2 fully saturated rings. The molecule has 2 aliphatic rings. The van der Waals surface area contributed by atoms with E-state index >= 15 is 0 Å². The highest BCUT2D eigenvalue weighted by molar-refractivity contribution is 7.89. The summed E-state index contributed by atoms with van der Waals surface area (Å²) in [7, 11) is -3.88. The van der Waals surface area contributed by atoms with Crippen LogP contribution >= 0.6 is 11.6 Å². The Kier molecular flexibility index (Phi) is 6.09. The third-order valence-corrected chi connectivity index (χ3v) is 8.68. The summed E-state index contributed by atoms with van der Waals surface area (Å²) < 4.78 is 44.1. The maximum atomic E-state index is 13.8. The van der Waals surface area contributed by atoms with Crippen molar-refractivity contribution in [2.75, 3.05) is 26.2 Å². The van der Waals surface area contributed by atoms with Crippen molar-refractivity contribution in [3.8, 4) is 5.88 Å². The van der Waals surface area contributed by atoms with Crippen LogP contribution in [0.5, 0.6) is 5.88 Å². The number of benzene rings is 1. The summed E-state index contributed by atoms with van der Waals surface area (Å²) in [4.78, 5) is 14.9. The van der Waals surface area contributed by atoms with E-state index in [1.165, 1.54) is 20.8 Å². The number of pyridine rings is 1. The summed E-state index contributed by atoms with van der Waals surface area (Å²) in [5, 5.41) is 13.1. The van der Waals surface area contributed by atoms with E-state index in [-0.39, 0.29) is 46.6 Å². The van der Waals surface area contributed by atoms with Crippen molar-refractivity contribution in [3.05, 3.63) is 69.4 Å². The Morgan fingerprint density at radius 2 is 1.85 bits per heavy atom. The minimum absolute atomic E-state index is 0.141. The van der Waals surface area contributed by atoms with Crippen LogP contribution in [0, 0.1) is 11.7 Å². The number of nitrogens with zero attached hydrogens (tertiary/aromatic N) is 4. The lowest BCUT2D eigenvalue weighted by Crippen LogP contribution is -2.50. The summed E-state index contributed by atoms with van der Waals surface area (Å²) in [6.45, 7) is 1.74. The second-order valence-electron chi connectivity index (χ2n) is 8.83. The zero-order valence-corrected chi connectivity index (χ0v) is 19.9. The van der Waals surface area contributed by atoms with Crippen LogP contribution in [0.15, 0.2) is 52.3 Å². The second-order valence-corrected chi connectivity index (χ2v) is 11.2. The first-order chi connectivity index (χ1) is 16.3. The smallest absolute Gasteiger partial charge is 0.346 e. The van der Waals surface area contributed by atoms with Crippen molar-refractivity contribution in [1.29, 1.82) is 0 Å². The van der Waals surface area contributed by atoms with E-state index in [0.29, 0.717) is 31.2 Å². The summed E-state index contributed by atoms with van der Waals surface area (Å²) in [6, 6.07) is 8.77. The largest absolute Gasteiger partial charge is 0.842 e. The van der Waals surface area contributed by atoms with E-state index in [0.717, 1.165) is 18.9 Å². The molecule has 3 aromatic rings. The van der Waals surface area contributed by atoms with E-state index in [1.807, 2.05) is 11.0 Å². The average Bonchev–Trinajstić information content (AvgIpc) is 3.66. The maximum Gasteiger partial charge on any atom is 0.346 e. The van der Waals surface area contributed by atoms with Crippen molar-refractivity contribution in [3.63, 3.8) is 0 Å². The molecule has 0 N–H and O–H groups in total. The number of sulfonamides is 1. The topological polar surface area (TPSA) is 89.0 Å². The number of halogens is 2. The van der Waals surface area contributed by atoms with E-state index in [9.17, 15) is 22.7 Å². The SMILES string of the molecule is O=c1c(CN2CCN(S(=O)(=O)c3ccc(Cl)c(F)c3)CC2)c([O-])[n+](CC2CC2)c2ccccn12. The van der Waals surface area contributed by atoms with E-state index in [1.54, 1.807) is 22.9 Å². The fourth-order valence-corrected chi connectivity index (χ4v) is 5.89. The highest BCUT2D eigenvalue weighted by Gasteiger charge is 2.31. The van der Waals surface area contributed by atoms with Gasteiger partial charge in [0, 0.05) is 38.8 Å². The van der Waals surface area contributed by atoms with Gasteiger partial charge in [0.1, 0.15) is 5.82 Å². The molecule has 1 aliphatic carbocycles. The summed E-state index contributed by atoms with van der Waals surface area (Å²) in [5.74, 6) is -0.617. The molecule has 0 unspecified atom stereocenters. The molecule has 1 aromatic carbocycles. The molecule has 1 saturated carbocycles. The molecular weight excluding hydrogens is 483 g/mol. The van der Waals surface area contributed by atoms with Crippen molar-refractivity contribution in [2.45, 2.75) is 30.8 Å². The molecule has 3 heterocycles. The van der Waals surface area contributed by atoms with Gasteiger partial charge in [-0.2, -0.15) is 8.71 Å². The Balaban J connectivity index is 1.36. The molecule has 0 atom stereocenters. The van der Waals surface area contributed by atoms with Crippen LogP contribution in [0.4, 0.5) is 4.39 Å². The van der Waals surface area contributed by atoms with Gasteiger partial charge in [0.15, 0.2) is 0 Å². The summed E-state index contributed by atoms with van der Waals surface area (Å²) >= 11 is 5.67. The fraction of sp³-hybridized carbons (Fsp3) is 0.391. The van der Waals surface area contributed by atoms with Gasteiger partial charge < -0.3 is 5.11 Å². The molecule has 8 nitrogen and oxygen atoms in total. The summed E-state index contributed by atoms with van der Waals surface area (Å²) in [6.07, 6.45) is 3.82. The lowest BCUT2D eigenvalue weighted by Gasteiger charge is -2.34. The minimum Gasteiger partial charge on any atom is -0.842 e. The summed E-state index contributed by atoms with van der Waals surface area (Å²) in [5.41, 5.74) is 0.416. The van der Waals surface area contributed by atoms with Crippen LogP contribution in [-0.4, -0.2) is 48.2 Å². The molecule has 5 rings (SSSR count). The molecular formula is C23H24ClFN4O4S. The lowest BCUT2D eigenvalue weighted by atomic mass is 10.2. The van der Waals surface area contributed by atoms with Crippen molar-refractivity contribution in [1.82, 2.24) is 13.6 Å². The highest BCUT2D eigenvalue weighted by atomic mass is 35.5. The molecule has 1 aliphatic heterocycles. The monoisotopic (exact) mass is 506 g/mol. The van der Waals surface area contributed by atoms with Crippen LogP contribution < -0.4 is 15.2 Å². The number of piperazine rings is 1. The molecule has 0 bridgehead atoms. The number of aromatic nitrogens is 2. The molecule has 0 spiro atoms. The van der Waals surface area contributed by atoms with Crippen LogP contribution in [-0.2, 0) is 23.1 Å². The van der Waals surface area contributed by atoms with Gasteiger partial charge in [0.05, 0.1) is 34.1 Å². The fourth-order valence-electron chi connectivity index (χ4n) is 4.34. The second kappa shape index (κ2) is 8.92. The third-order valence-electron chi connectivity index (χ3n) is 6.47. The first-order valence-electron chi connectivity index (χ1n) is 11.2. The van der Waals surface area contributed by atoms with Crippen LogP contribution in [0.1, 0.15) is 18.4 Å². The molecule has 1 saturated heterocycles. The van der Waals surface area contributed by atoms with Gasteiger partial charge in [-0.1, -0.05) is 17.7 Å². The zero-order valence-electron chi connectivity index (χ0n) is 18.4. The highest BCUT2D eigenvalue weighted by Crippen LogP contribution is 2.29. The standard InChI is InChI=1S/C23H24ClFN4O4S/c24-19-7-6-17(13-20(19)25)34(32,33)27-11-9-26(10-12-27)15-18-22(30)28-8-2-1-3-21(28)29(23(18)31)14-16-4-5-16/h1-3,6-8,13,16H,4-5,9-12,14-15H2. The maximum absolute atomic E-state index is 13.8. The van der Waals surface area contributed by atoms with Crippen LogP contribution in [0.3, 0.4) is 0 Å². The van der Waals surface area contributed by atoms with Gasteiger partial charge in [-0.25, -0.2) is 22.2 Å². The predicted octanol–water partition coefficient (Wildman–Crippen LogP) is 1.37. The normalized spacial score (nSPS) is 17.9. The Hall–Kier alpha value is -2.53. The zero-order chi connectivity index (χ0) is 24.0. The van der Waals surface area contributed by atoms with Gasteiger partial charge in [-0.3, -0.25) is 4.90 Å². The Morgan fingerprint density at radius 3 is 2.53 bits per heavy atom. The van der Waals surface area contributed by atoms with Crippen molar-refractivity contribution in [2.24, 2.45) is 5.92 Å². The van der Waals surface area contributed by atoms with Gasteiger partial charge in [0.2, 0.25) is 10.0 Å². The third kappa shape index (κ3) is 4.31. The van der Waals surface area contributed by atoms with Gasteiger partial charge in [0.25, 0.3) is 5.65 Å². The van der Waals surface area contributed by atoms with E-state index < -0.39 is 15.8 Å². The molecule has 11 heteroatoms. The van der Waals surface area contributed by atoms with Crippen molar-refractivity contribution >= 4 is 27.3 Å². The molecule has 0 amide bonds. The lowest BCUT2D eigenvalue weighted by molar-refractivity contribution is -0.719. The Morgan fingerprint density at radius 1 is 1.12 bits per heavy atom. The van der Waals surface area contributed by atoms with E-state index in [2.05, 4.69) is 0 Å². The predicted molar refractivity (Wildman–Crippen MR) is 121 cm³/mol. The van der Waals surface area contributed by atoms with Gasteiger partial charge >= 0.3 is 5.56 Å². The average molecular weight is 507 g/mol. The van der Waals surface area contributed by atoms with E-state index in [4.69, 9.17) is 11.6 Å². The minimum atomic E-state index is -3.88. The number of fused-ring (bicyclic) bond motifs is 1. The quantitative estimate of drug-likeness (QED) is 0.471. The van der Waals surface area contributed by atoms with Crippen LogP contribution in [0.25, 0.3) is 5.65 Å². The van der Waals surface area contributed by atoms with Crippen LogP contribution in [0.2, 0.25) is 5.02 Å². The number of hydrogen-bond acceptors (Lipinski definition) is 5. The first-order valence-corrected chi connectivity index (χ1v) is 13.0. The molecule has 34 heavy (non-hydrogen) atoms. The number of hydrogen-bond donors (Lipinski definition) is 0. The van der Waals surface area contributed by atoms with Crippen molar-refractivity contribution < 1.29 is 22.5 Å². The molecule has 180 valence electrons. The Labute approximate surface area is 201 Å². The first kappa shape index (κ1) is 23.2. The van der Waals surface area contributed by atoms with Gasteiger partial charge in [-0.05, 0) is 43.0 Å².